The standard InChI is InChI=1S/C12H9ClFNS/c13-9-3-1-2-4-11(9)16-12-6-5-8(14)7-10(12)15/h1-7H,15H2. The summed E-state index contributed by atoms with van der Waals surface area (Å²) in [4.78, 5) is 1.71. The van der Waals surface area contributed by atoms with Crippen LogP contribution < -0.4 is 5.73 Å². The van der Waals surface area contributed by atoms with E-state index in [1.54, 1.807) is 6.07 Å². The van der Waals surface area contributed by atoms with Gasteiger partial charge in [-0.05, 0) is 30.3 Å². The number of nitrogens with two attached hydrogens (primary N) is 1. The van der Waals surface area contributed by atoms with Crippen LogP contribution in [0.3, 0.4) is 0 Å². The molecule has 0 unspecified atom stereocenters. The summed E-state index contributed by atoms with van der Waals surface area (Å²) < 4.78 is 12.9. The number of rotatable bonds is 2. The van der Waals surface area contributed by atoms with E-state index in [0.29, 0.717) is 10.7 Å². The highest BCUT2D eigenvalue weighted by atomic mass is 35.5. The molecule has 2 aromatic rings. The molecule has 0 saturated carbocycles. The van der Waals surface area contributed by atoms with Crippen molar-refractivity contribution in [2.45, 2.75) is 9.79 Å². The Labute approximate surface area is 102 Å². The lowest BCUT2D eigenvalue weighted by molar-refractivity contribution is 0.627. The maximum atomic E-state index is 12.9. The van der Waals surface area contributed by atoms with Gasteiger partial charge < -0.3 is 5.73 Å². The fraction of sp³-hybridized carbons (Fsp3) is 0. The van der Waals surface area contributed by atoms with Gasteiger partial charge in [0, 0.05) is 15.5 Å². The zero-order valence-electron chi connectivity index (χ0n) is 8.28. The van der Waals surface area contributed by atoms with Gasteiger partial charge >= 0.3 is 0 Å². The van der Waals surface area contributed by atoms with Crippen LogP contribution in [0.4, 0.5) is 10.1 Å². The molecule has 2 aromatic carbocycles. The van der Waals surface area contributed by atoms with Crippen LogP contribution >= 0.6 is 23.4 Å². The third-order valence-corrected chi connectivity index (χ3v) is 3.64. The van der Waals surface area contributed by atoms with E-state index in [2.05, 4.69) is 0 Å². The van der Waals surface area contributed by atoms with Crippen molar-refractivity contribution in [3.63, 3.8) is 0 Å². The maximum absolute atomic E-state index is 12.9. The molecule has 0 fully saturated rings. The first kappa shape index (κ1) is 11.3. The van der Waals surface area contributed by atoms with Crippen LogP contribution in [0, 0.1) is 5.82 Å². The molecule has 2 N–H and O–H groups in total. The van der Waals surface area contributed by atoms with Crippen molar-refractivity contribution in [2.75, 3.05) is 5.73 Å². The topological polar surface area (TPSA) is 26.0 Å². The molecule has 2 rings (SSSR count). The summed E-state index contributed by atoms with van der Waals surface area (Å²) in [6.45, 7) is 0. The Hall–Kier alpha value is -1.19. The van der Waals surface area contributed by atoms with E-state index in [1.807, 2.05) is 24.3 Å². The van der Waals surface area contributed by atoms with Gasteiger partial charge in [-0.25, -0.2) is 4.39 Å². The molecule has 0 aliphatic carbocycles. The van der Waals surface area contributed by atoms with Crippen molar-refractivity contribution >= 4 is 29.1 Å². The normalized spacial score (nSPS) is 10.4. The number of hydrogen-bond acceptors (Lipinski definition) is 2. The highest BCUT2D eigenvalue weighted by Crippen LogP contribution is 2.36. The predicted molar refractivity (Wildman–Crippen MR) is 66.4 cm³/mol. The van der Waals surface area contributed by atoms with Gasteiger partial charge in [-0.3, -0.25) is 0 Å². The fourth-order valence-corrected chi connectivity index (χ4v) is 2.37. The minimum atomic E-state index is -0.332. The van der Waals surface area contributed by atoms with E-state index in [1.165, 1.54) is 23.9 Å². The predicted octanol–water partition coefficient (Wildman–Crippen LogP) is 4.21. The molecule has 0 aliphatic rings. The summed E-state index contributed by atoms with van der Waals surface area (Å²) >= 11 is 7.45. The average Bonchev–Trinajstić information content (AvgIpc) is 2.25. The van der Waals surface area contributed by atoms with Crippen molar-refractivity contribution in [2.24, 2.45) is 0 Å². The minimum Gasteiger partial charge on any atom is -0.398 e. The zero-order chi connectivity index (χ0) is 11.5. The summed E-state index contributed by atoms with van der Waals surface area (Å²) in [5.74, 6) is -0.332. The third-order valence-electron chi connectivity index (χ3n) is 2.03. The molecule has 0 heterocycles. The fourth-order valence-electron chi connectivity index (χ4n) is 1.26. The monoisotopic (exact) mass is 253 g/mol. The smallest absolute Gasteiger partial charge is 0.125 e. The Morgan fingerprint density at radius 2 is 1.81 bits per heavy atom. The Bertz CT molecular complexity index is 516. The molecule has 4 heteroatoms. The lowest BCUT2D eigenvalue weighted by Gasteiger charge is -2.06. The first-order chi connectivity index (χ1) is 7.66. The quantitative estimate of drug-likeness (QED) is 0.812. The second-order valence-electron chi connectivity index (χ2n) is 3.21. The van der Waals surface area contributed by atoms with Gasteiger partial charge in [-0.15, -0.1) is 0 Å². The molecular weight excluding hydrogens is 245 g/mol. The van der Waals surface area contributed by atoms with Gasteiger partial charge in [-0.1, -0.05) is 35.5 Å². The van der Waals surface area contributed by atoms with Gasteiger partial charge in [-0.2, -0.15) is 0 Å². The van der Waals surface area contributed by atoms with Crippen molar-refractivity contribution in [3.8, 4) is 0 Å². The van der Waals surface area contributed by atoms with Gasteiger partial charge in [0.25, 0.3) is 0 Å². The van der Waals surface area contributed by atoms with Gasteiger partial charge in [0.1, 0.15) is 5.82 Å². The first-order valence-corrected chi connectivity index (χ1v) is 5.83. The second-order valence-corrected chi connectivity index (χ2v) is 4.71. The molecule has 0 spiro atoms. The van der Waals surface area contributed by atoms with E-state index < -0.39 is 0 Å². The number of benzene rings is 2. The van der Waals surface area contributed by atoms with E-state index in [-0.39, 0.29) is 5.82 Å². The van der Waals surface area contributed by atoms with Crippen molar-refractivity contribution in [1.29, 1.82) is 0 Å². The molecule has 0 saturated heterocycles. The van der Waals surface area contributed by atoms with Crippen LogP contribution in [0.25, 0.3) is 0 Å². The van der Waals surface area contributed by atoms with E-state index in [9.17, 15) is 4.39 Å². The van der Waals surface area contributed by atoms with E-state index in [0.717, 1.165) is 9.79 Å². The number of hydrogen-bond donors (Lipinski definition) is 1. The SMILES string of the molecule is Nc1cc(F)ccc1Sc1ccccc1Cl. The highest BCUT2D eigenvalue weighted by Gasteiger charge is 2.05. The summed E-state index contributed by atoms with van der Waals surface area (Å²) in [7, 11) is 0. The molecule has 16 heavy (non-hydrogen) atoms. The van der Waals surface area contributed by atoms with Crippen LogP contribution in [0.2, 0.25) is 5.02 Å². The van der Waals surface area contributed by atoms with Crippen LogP contribution in [0.1, 0.15) is 0 Å². The molecule has 0 atom stereocenters. The zero-order valence-corrected chi connectivity index (χ0v) is 9.86. The minimum absolute atomic E-state index is 0.332. The van der Waals surface area contributed by atoms with Crippen LogP contribution in [0.5, 0.6) is 0 Å². The van der Waals surface area contributed by atoms with Crippen LogP contribution in [-0.2, 0) is 0 Å². The summed E-state index contributed by atoms with van der Waals surface area (Å²) in [5, 5.41) is 0.663. The van der Waals surface area contributed by atoms with Gasteiger partial charge in [0.2, 0.25) is 0 Å². The second kappa shape index (κ2) is 4.76. The van der Waals surface area contributed by atoms with Crippen molar-refractivity contribution in [3.05, 3.63) is 53.3 Å². The Balaban J connectivity index is 2.31. The largest absolute Gasteiger partial charge is 0.398 e. The third kappa shape index (κ3) is 2.49. The summed E-state index contributed by atoms with van der Waals surface area (Å²) in [6, 6.07) is 11.8. The number of nitrogen functional groups attached to an aromatic ring is 1. The maximum Gasteiger partial charge on any atom is 0.125 e. The molecule has 82 valence electrons. The highest BCUT2D eigenvalue weighted by molar-refractivity contribution is 7.99. The summed E-state index contributed by atoms with van der Waals surface area (Å²) in [6.07, 6.45) is 0. The lowest BCUT2D eigenvalue weighted by Crippen LogP contribution is -1.89. The average molecular weight is 254 g/mol. The Kier molecular flexibility index (Phi) is 3.36. The number of halogens is 2. The van der Waals surface area contributed by atoms with E-state index in [4.69, 9.17) is 17.3 Å². The lowest BCUT2D eigenvalue weighted by atomic mass is 10.3. The van der Waals surface area contributed by atoms with Gasteiger partial charge in [0.15, 0.2) is 0 Å². The number of anilines is 1. The van der Waals surface area contributed by atoms with Crippen molar-refractivity contribution < 1.29 is 4.39 Å². The van der Waals surface area contributed by atoms with Crippen LogP contribution in [-0.4, -0.2) is 0 Å². The first-order valence-electron chi connectivity index (χ1n) is 4.64. The molecule has 0 radical (unpaired) electrons. The molecule has 0 amide bonds. The summed E-state index contributed by atoms with van der Waals surface area (Å²) in [5.41, 5.74) is 6.14. The molecule has 1 nitrogen and oxygen atoms in total. The Morgan fingerprint density at radius 3 is 2.50 bits per heavy atom. The molecule has 0 bridgehead atoms. The van der Waals surface area contributed by atoms with Crippen molar-refractivity contribution in [1.82, 2.24) is 0 Å². The molecule has 0 aromatic heterocycles. The van der Waals surface area contributed by atoms with Crippen LogP contribution in [0.15, 0.2) is 52.3 Å². The van der Waals surface area contributed by atoms with E-state index >= 15 is 0 Å². The Morgan fingerprint density at radius 1 is 1.06 bits per heavy atom. The molecule has 0 aliphatic heterocycles. The van der Waals surface area contributed by atoms with Gasteiger partial charge in [0.05, 0.1) is 5.02 Å². The molecular formula is C12H9ClFNS.